The van der Waals surface area contributed by atoms with Crippen LogP contribution in [-0.2, 0) is 6.42 Å². The fraction of sp³-hybridized carbons (Fsp3) is 0.231. The van der Waals surface area contributed by atoms with Gasteiger partial charge >= 0.3 is 0 Å². The van der Waals surface area contributed by atoms with Crippen molar-refractivity contribution in [2.24, 2.45) is 0 Å². The molecule has 5 heteroatoms. The quantitative estimate of drug-likeness (QED) is 0.929. The minimum atomic E-state index is -0.807. The van der Waals surface area contributed by atoms with E-state index >= 15 is 0 Å². The lowest BCUT2D eigenvalue weighted by Gasteiger charge is -2.10. The van der Waals surface area contributed by atoms with Gasteiger partial charge in [0.2, 0.25) is 0 Å². The predicted molar refractivity (Wildman–Crippen MR) is 66.8 cm³/mol. The van der Waals surface area contributed by atoms with Crippen LogP contribution < -0.4 is 0 Å². The van der Waals surface area contributed by atoms with Crippen molar-refractivity contribution in [2.75, 3.05) is 0 Å². The number of aryl methyl sites for hydroxylation is 1. The zero-order valence-corrected chi connectivity index (χ0v) is 10.5. The van der Waals surface area contributed by atoms with Gasteiger partial charge in [-0.2, -0.15) is 0 Å². The van der Waals surface area contributed by atoms with E-state index in [2.05, 4.69) is 9.97 Å². The van der Waals surface area contributed by atoms with Crippen LogP contribution in [0.4, 0.5) is 4.39 Å². The van der Waals surface area contributed by atoms with Gasteiger partial charge in [-0.1, -0.05) is 17.7 Å². The molecule has 1 aromatic heterocycles. The van der Waals surface area contributed by atoms with Crippen molar-refractivity contribution in [2.45, 2.75) is 19.4 Å². The maximum Gasteiger partial charge on any atom is 0.142 e. The van der Waals surface area contributed by atoms with Crippen molar-refractivity contribution in [1.29, 1.82) is 0 Å². The number of aliphatic hydroxyl groups is 1. The number of aliphatic hydroxyl groups excluding tert-OH is 1. The molecular formula is C13H12ClFN2O. The van der Waals surface area contributed by atoms with Crippen LogP contribution >= 0.6 is 11.6 Å². The molecule has 2 aromatic rings. The van der Waals surface area contributed by atoms with Crippen molar-refractivity contribution in [3.8, 4) is 0 Å². The Kier molecular flexibility index (Phi) is 3.89. The number of hydrogen-bond acceptors (Lipinski definition) is 3. The average molecular weight is 267 g/mol. The summed E-state index contributed by atoms with van der Waals surface area (Å²) >= 11 is 5.59. The van der Waals surface area contributed by atoms with Crippen LogP contribution in [0.25, 0.3) is 0 Å². The molecular weight excluding hydrogens is 255 g/mol. The Bertz CT molecular complexity index is 545. The van der Waals surface area contributed by atoms with Gasteiger partial charge in [-0.25, -0.2) is 4.39 Å². The summed E-state index contributed by atoms with van der Waals surface area (Å²) in [6.45, 7) is 1.82. The highest BCUT2D eigenvalue weighted by Gasteiger charge is 2.11. The van der Waals surface area contributed by atoms with Crippen LogP contribution in [0.15, 0.2) is 30.6 Å². The third kappa shape index (κ3) is 3.03. The average Bonchev–Trinajstić information content (AvgIpc) is 2.34. The Labute approximate surface area is 109 Å². The number of aromatic nitrogens is 2. The van der Waals surface area contributed by atoms with E-state index in [9.17, 15) is 9.50 Å². The molecule has 0 bridgehead atoms. The monoisotopic (exact) mass is 266 g/mol. The van der Waals surface area contributed by atoms with Gasteiger partial charge in [0.25, 0.3) is 0 Å². The summed E-state index contributed by atoms with van der Waals surface area (Å²) < 4.78 is 13.2. The molecule has 0 saturated heterocycles. The first kappa shape index (κ1) is 12.9. The van der Waals surface area contributed by atoms with E-state index in [4.69, 9.17) is 11.6 Å². The van der Waals surface area contributed by atoms with Gasteiger partial charge < -0.3 is 5.11 Å². The highest BCUT2D eigenvalue weighted by molar-refractivity contribution is 6.30. The highest BCUT2D eigenvalue weighted by Crippen LogP contribution is 2.20. The summed E-state index contributed by atoms with van der Waals surface area (Å²) in [4.78, 5) is 8.14. The van der Waals surface area contributed by atoms with E-state index in [1.807, 2.05) is 6.92 Å². The Morgan fingerprint density at radius 2 is 2.11 bits per heavy atom. The smallest absolute Gasteiger partial charge is 0.142 e. The summed E-state index contributed by atoms with van der Waals surface area (Å²) in [5.41, 5.74) is 1.91. The maximum atomic E-state index is 13.2. The lowest BCUT2D eigenvalue weighted by Crippen LogP contribution is -2.05. The summed E-state index contributed by atoms with van der Waals surface area (Å²) in [7, 11) is 0. The van der Waals surface area contributed by atoms with E-state index in [0.29, 0.717) is 11.3 Å². The molecule has 2 rings (SSSR count). The second-order valence-electron chi connectivity index (χ2n) is 4.05. The molecule has 0 radical (unpaired) electrons. The van der Waals surface area contributed by atoms with E-state index in [-0.39, 0.29) is 11.4 Å². The number of benzene rings is 1. The second-order valence-corrected chi connectivity index (χ2v) is 4.46. The number of rotatable bonds is 3. The first-order valence-corrected chi connectivity index (χ1v) is 5.84. The molecule has 94 valence electrons. The van der Waals surface area contributed by atoms with Crippen LogP contribution in [-0.4, -0.2) is 15.1 Å². The molecule has 0 aliphatic heterocycles. The lowest BCUT2D eigenvalue weighted by atomic mass is 10.1. The maximum absolute atomic E-state index is 13.2. The van der Waals surface area contributed by atoms with Gasteiger partial charge in [-0.05, 0) is 24.6 Å². The Balaban J connectivity index is 2.13. The molecule has 3 nitrogen and oxygen atoms in total. The van der Waals surface area contributed by atoms with Crippen LogP contribution in [0, 0.1) is 12.7 Å². The predicted octanol–water partition coefficient (Wildman–Crippen LogP) is 2.85. The first-order valence-electron chi connectivity index (χ1n) is 5.47. The molecule has 0 saturated carbocycles. The number of halogens is 2. The molecule has 1 aromatic carbocycles. The largest absolute Gasteiger partial charge is 0.386 e. The van der Waals surface area contributed by atoms with Crippen LogP contribution in [0.1, 0.15) is 23.1 Å². The first-order chi connectivity index (χ1) is 8.56. The van der Waals surface area contributed by atoms with Crippen LogP contribution in [0.5, 0.6) is 0 Å². The van der Waals surface area contributed by atoms with Crippen molar-refractivity contribution in [3.05, 3.63) is 58.4 Å². The van der Waals surface area contributed by atoms with E-state index < -0.39 is 11.9 Å². The van der Waals surface area contributed by atoms with E-state index in [0.717, 1.165) is 5.69 Å². The van der Waals surface area contributed by atoms with Gasteiger partial charge in [0.1, 0.15) is 11.9 Å². The number of hydrogen-bond donors (Lipinski definition) is 1. The third-order valence-corrected chi connectivity index (χ3v) is 2.86. The van der Waals surface area contributed by atoms with Gasteiger partial charge in [0.05, 0.1) is 22.6 Å². The fourth-order valence-electron chi connectivity index (χ4n) is 1.57. The van der Waals surface area contributed by atoms with E-state index in [1.54, 1.807) is 12.3 Å². The standard InChI is InChI=1S/C13H12ClFN2O/c1-8-6-17-12(7-16-8)13(18)5-9-2-3-10(14)11(15)4-9/h2-4,6-7,13,18H,5H2,1H3. The summed E-state index contributed by atoms with van der Waals surface area (Å²) in [5.74, 6) is -0.489. The minimum Gasteiger partial charge on any atom is -0.386 e. The zero-order chi connectivity index (χ0) is 13.1. The molecule has 0 spiro atoms. The molecule has 18 heavy (non-hydrogen) atoms. The molecule has 0 amide bonds. The topological polar surface area (TPSA) is 46.0 Å². The number of nitrogens with zero attached hydrogens (tertiary/aromatic N) is 2. The second kappa shape index (κ2) is 5.42. The van der Waals surface area contributed by atoms with E-state index in [1.165, 1.54) is 18.3 Å². The summed E-state index contributed by atoms with van der Waals surface area (Å²) in [5, 5.41) is 10.0. The van der Waals surface area contributed by atoms with Crippen LogP contribution in [0.3, 0.4) is 0 Å². The Morgan fingerprint density at radius 1 is 1.33 bits per heavy atom. The van der Waals surface area contributed by atoms with Gasteiger partial charge in [0, 0.05) is 12.6 Å². The highest BCUT2D eigenvalue weighted by atomic mass is 35.5. The minimum absolute atomic E-state index is 0.0726. The summed E-state index contributed by atoms with van der Waals surface area (Å²) in [6.07, 6.45) is 2.57. The SMILES string of the molecule is Cc1cnc(C(O)Cc2ccc(Cl)c(F)c2)cn1. The van der Waals surface area contributed by atoms with Gasteiger partial charge in [-0.15, -0.1) is 0 Å². The van der Waals surface area contributed by atoms with Crippen molar-refractivity contribution < 1.29 is 9.50 Å². The molecule has 0 fully saturated rings. The third-order valence-electron chi connectivity index (χ3n) is 2.56. The van der Waals surface area contributed by atoms with Gasteiger partial charge in [-0.3, -0.25) is 9.97 Å². The zero-order valence-electron chi connectivity index (χ0n) is 9.77. The van der Waals surface area contributed by atoms with Crippen molar-refractivity contribution in [3.63, 3.8) is 0 Å². The van der Waals surface area contributed by atoms with Crippen LogP contribution in [0.2, 0.25) is 5.02 Å². The Morgan fingerprint density at radius 3 is 2.72 bits per heavy atom. The molecule has 1 N–H and O–H groups in total. The normalized spacial score (nSPS) is 12.4. The van der Waals surface area contributed by atoms with Crippen molar-refractivity contribution in [1.82, 2.24) is 9.97 Å². The van der Waals surface area contributed by atoms with Gasteiger partial charge in [0.15, 0.2) is 0 Å². The molecule has 1 atom stereocenters. The molecule has 1 heterocycles. The van der Waals surface area contributed by atoms with Crippen molar-refractivity contribution >= 4 is 11.6 Å². The Hall–Kier alpha value is -1.52. The fourth-order valence-corrected chi connectivity index (χ4v) is 1.69. The summed E-state index contributed by atoms with van der Waals surface area (Å²) in [6, 6.07) is 4.46. The molecule has 0 aliphatic rings. The lowest BCUT2D eigenvalue weighted by molar-refractivity contribution is 0.173. The molecule has 1 unspecified atom stereocenters. The molecule has 0 aliphatic carbocycles.